The second-order valence-electron chi connectivity index (χ2n) is 7.22. The van der Waals surface area contributed by atoms with Gasteiger partial charge in [-0.25, -0.2) is 4.98 Å². The molecule has 2 aromatic carbocycles. The van der Waals surface area contributed by atoms with E-state index in [2.05, 4.69) is 6.92 Å². The Kier molecular flexibility index (Phi) is 4.59. The fourth-order valence-corrected chi connectivity index (χ4v) is 3.64. The quantitative estimate of drug-likeness (QED) is 0.508. The van der Waals surface area contributed by atoms with Gasteiger partial charge in [-0.2, -0.15) is 0 Å². The molecule has 28 heavy (non-hydrogen) atoms. The van der Waals surface area contributed by atoms with Crippen molar-refractivity contribution >= 4 is 21.9 Å². The average molecular weight is 373 g/mol. The second kappa shape index (κ2) is 7.08. The molecule has 0 aliphatic heterocycles. The number of hydrogen-bond donors (Lipinski definition) is 0. The van der Waals surface area contributed by atoms with Gasteiger partial charge in [-0.1, -0.05) is 55.3 Å². The van der Waals surface area contributed by atoms with E-state index in [-0.39, 0.29) is 16.4 Å². The summed E-state index contributed by atoms with van der Waals surface area (Å²) in [5, 5.41) is 0.703. The number of aromatic nitrogens is 3. The van der Waals surface area contributed by atoms with Crippen molar-refractivity contribution in [3.8, 4) is 11.4 Å². The molecule has 2 heterocycles. The van der Waals surface area contributed by atoms with Crippen molar-refractivity contribution in [1.82, 2.24) is 14.1 Å². The van der Waals surface area contributed by atoms with Crippen molar-refractivity contribution in [3.63, 3.8) is 0 Å². The Balaban J connectivity index is 2.15. The summed E-state index contributed by atoms with van der Waals surface area (Å²) in [6.07, 6.45) is 1.80. The highest BCUT2D eigenvalue weighted by molar-refractivity contribution is 5.91. The molecule has 0 radical (unpaired) electrons. The van der Waals surface area contributed by atoms with Crippen LogP contribution in [0.2, 0.25) is 0 Å². The molecule has 4 aromatic rings. The predicted molar refractivity (Wildman–Crippen MR) is 114 cm³/mol. The van der Waals surface area contributed by atoms with E-state index in [4.69, 9.17) is 4.98 Å². The number of fused-ring (bicyclic) bond motifs is 2. The number of hydrogen-bond acceptors (Lipinski definition) is 3. The van der Waals surface area contributed by atoms with E-state index in [0.717, 1.165) is 29.5 Å². The molecule has 5 nitrogen and oxygen atoms in total. The maximum atomic E-state index is 13.4. The fourth-order valence-electron chi connectivity index (χ4n) is 3.64. The predicted octanol–water partition coefficient (Wildman–Crippen LogP) is 4.02. The first-order valence-corrected chi connectivity index (χ1v) is 9.62. The van der Waals surface area contributed by atoms with Crippen LogP contribution in [0.25, 0.3) is 33.3 Å². The molecule has 0 spiro atoms. The highest BCUT2D eigenvalue weighted by Gasteiger charge is 2.18. The summed E-state index contributed by atoms with van der Waals surface area (Å²) in [4.78, 5) is 31.4. The van der Waals surface area contributed by atoms with Gasteiger partial charge in [-0.15, -0.1) is 0 Å². The summed E-state index contributed by atoms with van der Waals surface area (Å²) in [6.45, 7) is 4.65. The number of pyridine rings is 1. The standard InChI is InChI=1S/C23H23N3O2/c1-4-5-14-26-21(16-12-10-15(2)11-13-16)24-22-19(23(26)28)20(27)17-8-6-7-9-18(17)25(22)3/h6-13H,4-5,14H2,1-3H3. The molecule has 0 saturated heterocycles. The van der Waals surface area contributed by atoms with E-state index < -0.39 is 0 Å². The minimum atomic E-state index is -0.264. The third-order valence-electron chi connectivity index (χ3n) is 5.25. The van der Waals surface area contributed by atoms with Crippen LogP contribution in [-0.4, -0.2) is 14.1 Å². The van der Waals surface area contributed by atoms with Gasteiger partial charge < -0.3 is 4.57 Å². The molecule has 4 rings (SSSR count). The van der Waals surface area contributed by atoms with Gasteiger partial charge in [0.15, 0.2) is 5.65 Å². The van der Waals surface area contributed by atoms with Crippen LogP contribution in [-0.2, 0) is 13.6 Å². The van der Waals surface area contributed by atoms with Crippen molar-refractivity contribution in [3.05, 3.63) is 74.7 Å². The van der Waals surface area contributed by atoms with Crippen molar-refractivity contribution in [2.75, 3.05) is 0 Å². The molecule has 5 heteroatoms. The van der Waals surface area contributed by atoms with Gasteiger partial charge in [0.25, 0.3) is 5.56 Å². The van der Waals surface area contributed by atoms with Gasteiger partial charge >= 0.3 is 0 Å². The monoisotopic (exact) mass is 373 g/mol. The van der Waals surface area contributed by atoms with Crippen LogP contribution in [0.15, 0.2) is 58.1 Å². The normalized spacial score (nSPS) is 11.4. The first-order valence-electron chi connectivity index (χ1n) is 9.62. The lowest BCUT2D eigenvalue weighted by molar-refractivity contribution is 0.614. The van der Waals surface area contributed by atoms with Crippen LogP contribution in [0, 0.1) is 6.92 Å². The minimum Gasteiger partial charge on any atom is -0.328 e. The zero-order valence-electron chi connectivity index (χ0n) is 16.4. The Labute approximate surface area is 162 Å². The summed E-state index contributed by atoms with van der Waals surface area (Å²) in [5.41, 5.74) is 2.71. The van der Waals surface area contributed by atoms with Crippen LogP contribution >= 0.6 is 0 Å². The molecule has 0 aliphatic carbocycles. The summed E-state index contributed by atoms with van der Waals surface area (Å²) < 4.78 is 3.50. The third-order valence-corrected chi connectivity index (χ3v) is 5.25. The Hall–Kier alpha value is -3.21. The largest absolute Gasteiger partial charge is 0.328 e. The van der Waals surface area contributed by atoms with Gasteiger partial charge in [0, 0.05) is 24.5 Å². The Morgan fingerprint density at radius 3 is 2.43 bits per heavy atom. The second-order valence-corrected chi connectivity index (χ2v) is 7.22. The number of benzene rings is 2. The van der Waals surface area contributed by atoms with Crippen LogP contribution in [0.1, 0.15) is 25.3 Å². The highest BCUT2D eigenvalue weighted by atomic mass is 16.1. The van der Waals surface area contributed by atoms with Gasteiger partial charge in [0.1, 0.15) is 11.2 Å². The summed E-state index contributed by atoms with van der Waals surface area (Å²) >= 11 is 0. The molecular formula is C23H23N3O2. The zero-order valence-corrected chi connectivity index (χ0v) is 16.4. The van der Waals surface area contributed by atoms with Crippen molar-refractivity contribution in [2.45, 2.75) is 33.2 Å². The molecule has 0 amide bonds. The van der Waals surface area contributed by atoms with Crippen molar-refractivity contribution < 1.29 is 0 Å². The number of nitrogens with zero attached hydrogens (tertiary/aromatic N) is 3. The molecule has 2 aromatic heterocycles. The lowest BCUT2D eigenvalue weighted by atomic mass is 10.1. The Morgan fingerprint density at radius 2 is 1.71 bits per heavy atom. The fraction of sp³-hybridized carbons (Fsp3) is 0.261. The van der Waals surface area contributed by atoms with Crippen molar-refractivity contribution in [2.24, 2.45) is 7.05 Å². The SMILES string of the molecule is CCCCn1c(-c2ccc(C)cc2)nc2c(c(=O)c3ccccc3n2C)c1=O. The first kappa shape index (κ1) is 18.2. The van der Waals surface area contributed by atoms with E-state index in [9.17, 15) is 9.59 Å². The maximum Gasteiger partial charge on any atom is 0.267 e. The van der Waals surface area contributed by atoms with Crippen LogP contribution in [0.5, 0.6) is 0 Å². The molecule has 0 saturated carbocycles. The zero-order chi connectivity index (χ0) is 19.8. The lowest BCUT2D eigenvalue weighted by Crippen LogP contribution is -2.29. The first-order chi connectivity index (χ1) is 13.5. The van der Waals surface area contributed by atoms with Gasteiger partial charge in [-0.05, 0) is 25.5 Å². The molecule has 142 valence electrons. The van der Waals surface area contributed by atoms with E-state index >= 15 is 0 Å². The molecule has 0 bridgehead atoms. The lowest BCUT2D eigenvalue weighted by Gasteiger charge is -2.16. The van der Waals surface area contributed by atoms with Gasteiger partial charge in [0.05, 0.1) is 5.52 Å². The van der Waals surface area contributed by atoms with Crippen LogP contribution in [0.3, 0.4) is 0 Å². The Bertz CT molecular complexity index is 1300. The van der Waals surface area contributed by atoms with E-state index in [0.29, 0.717) is 23.4 Å². The van der Waals surface area contributed by atoms with E-state index in [1.165, 1.54) is 0 Å². The highest BCUT2D eigenvalue weighted by Crippen LogP contribution is 2.21. The third kappa shape index (κ3) is 2.83. The van der Waals surface area contributed by atoms with Crippen molar-refractivity contribution in [1.29, 1.82) is 0 Å². The summed E-state index contributed by atoms with van der Waals surface area (Å²) in [7, 11) is 1.85. The van der Waals surface area contributed by atoms with Gasteiger partial charge in [-0.3, -0.25) is 14.2 Å². The number of rotatable bonds is 4. The number of unbranched alkanes of at least 4 members (excludes halogenated alkanes) is 1. The topological polar surface area (TPSA) is 56.9 Å². The molecular weight excluding hydrogens is 350 g/mol. The summed E-state index contributed by atoms with van der Waals surface area (Å²) in [5.74, 6) is 0.608. The number of aryl methyl sites for hydroxylation is 2. The summed E-state index contributed by atoms with van der Waals surface area (Å²) in [6, 6.07) is 15.3. The molecule has 0 unspecified atom stereocenters. The maximum absolute atomic E-state index is 13.4. The van der Waals surface area contributed by atoms with E-state index in [1.54, 1.807) is 10.6 Å². The van der Waals surface area contributed by atoms with Crippen LogP contribution in [0.4, 0.5) is 0 Å². The number of para-hydroxylation sites is 1. The molecule has 0 fully saturated rings. The van der Waals surface area contributed by atoms with E-state index in [1.807, 2.05) is 61.0 Å². The smallest absolute Gasteiger partial charge is 0.267 e. The van der Waals surface area contributed by atoms with Gasteiger partial charge in [0.2, 0.25) is 5.43 Å². The average Bonchev–Trinajstić information content (AvgIpc) is 2.71. The Morgan fingerprint density at radius 1 is 1.00 bits per heavy atom. The molecule has 0 aliphatic rings. The molecule has 0 atom stereocenters. The van der Waals surface area contributed by atoms with Crippen LogP contribution < -0.4 is 11.0 Å². The minimum absolute atomic E-state index is 0.160. The molecule has 0 N–H and O–H groups in total.